The Hall–Kier alpha value is -0.810. The van der Waals surface area contributed by atoms with Crippen molar-refractivity contribution in [2.45, 2.75) is 50.7 Å². The summed E-state index contributed by atoms with van der Waals surface area (Å²) in [6.45, 7) is 6.44. The van der Waals surface area contributed by atoms with E-state index in [0.29, 0.717) is 12.5 Å². The van der Waals surface area contributed by atoms with E-state index in [0.717, 1.165) is 51.9 Å². The molecule has 1 N–H and O–H groups in total. The Labute approximate surface area is 121 Å². The van der Waals surface area contributed by atoms with Crippen LogP contribution in [0.5, 0.6) is 0 Å². The second-order valence-corrected chi connectivity index (χ2v) is 6.65. The molecule has 0 aliphatic carbocycles. The standard InChI is InChI=1S/C15H26N2O3/c1-12-3-2-8-17(10-12)14(18)20-13-9-15(19-11-13)4-6-16-7-5-15/h12-13,16H,2-11H2,1H3. The average Bonchev–Trinajstić information content (AvgIpc) is 2.82. The third kappa shape index (κ3) is 3.09. The number of nitrogens with zero attached hydrogens (tertiary/aromatic N) is 1. The van der Waals surface area contributed by atoms with Gasteiger partial charge in [0.15, 0.2) is 0 Å². The van der Waals surface area contributed by atoms with E-state index in [2.05, 4.69) is 12.2 Å². The molecule has 0 aromatic rings. The maximum absolute atomic E-state index is 12.2. The molecular weight excluding hydrogens is 256 g/mol. The SMILES string of the molecule is CC1CCCN(C(=O)OC2COC3(CCNCC3)C2)C1. The summed E-state index contributed by atoms with van der Waals surface area (Å²) in [6.07, 6.45) is 5.03. The number of likely N-dealkylation sites (tertiary alicyclic amines) is 1. The Balaban J connectivity index is 1.50. The predicted molar refractivity (Wildman–Crippen MR) is 75.6 cm³/mol. The Morgan fingerprint density at radius 2 is 2.20 bits per heavy atom. The van der Waals surface area contributed by atoms with Gasteiger partial charge in [0, 0.05) is 19.5 Å². The van der Waals surface area contributed by atoms with Gasteiger partial charge in [-0.3, -0.25) is 0 Å². The summed E-state index contributed by atoms with van der Waals surface area (Å²) < 4.78 is 11.6. The van der Waals surface area contributed by atoms with Crippen LogP contribution in [0.25, 0.3) is 0 Å². The third-order valence-corrected chi connectivity index (χ3v) is 4.87. The first-order valence-corrected chi connectivity index (χ1v) is 7.97. The fourth-order valence-corrected chi connectivity index (χ4v) is 3.68. The number of carbonyl (C=O) groups excluding carboxylic acids is 1. The molecule has 0 bridgehead atoms. The number of amides is 1. The van der Waals surface area contributed by atoms with E-state index in [-0.39, 0.29) is 17.8 Å². The molecule has 3 aliphatic heterocycles. The van der Waals surface area contributed by atoms with Crippen molar-refractivity contribution in [3.05, 3.63) is 0 Å². The molecule has 1 amide bonds. The number of piperidine rings is 2. The van der Waals surface area contributed by atoms with Gasteiger partial charge in [-0.25, -0.2) is 4.79 Å². The molecule has 5 nitrogen and oxygen atoms in total. The molecule has 5 heteroatoms. The lowest BCUT2D eigenvalue weighted by Gasteiger charge is -2.33. The van der Waals surface area contributed by atoms with Gasteiger partial charge in [0.2, 0.25) is 0 Å². The molecule has 3 heterocycles. The van der Waals surface area contributed by atoms with Crippen LogP contribution in [-0.4, -0.2) is 55.5 Å². The van der Waals surface area contributed by atoms with Crippen LogP contribution in [0.15, 0.2) is 0 Å². The predicted octanol–water partition coefficient (Wildman–Crippen LogP) is 1.77. The summed E-state index contributed by atoms with van der Waals surface area (Å²) in [4.78, 5) is 14.1. The topological polar surface area (TPSA) is 50.8 Å². The van der Waals surface area contributed by atoms with Crippen molar-refractivity contribution in [1.29, 1.82) is 0 Å². The summed E-state index contributed by atoms with van der Waals surface area (Å²) in [5, 5.41) is 3.35. The molecule has 0 saturated carbocycles. The van der Waals surface area contributed by atoms with E-state index in [1.54, 1.807) is 0 Å². The largest absolute Gasteiger partial charge is 0.444 e. The third-order valence-electron chi connectivity index (χ3n) is 4.87. The highest BCUT2D eigenvalue weighted by Gasteiger charge is 2.43. The normalized spacial score (nSPS) is 33.4. The van der Waals surface area contributed by atoms with Gasteiger partial charge in [0.05, 0.1) is 12.2 Å². The Morgan fingerprint density at radius 1 is 1.40 bits per heavy atom. The van der Waals surface area contributed by atoms with Gasteiger partial charge in [-0.2, -0.15) is 0 Å². The first-order valence-electron chi connectivity index (χ1n) is 7.97. The minimum Gasteiger partial charge on any atom is -0.444 e. The maximum atomic E-state index is 12.2. The van der Waals surface area contributed by atoms with Crippen LogP contribution < -0.4 is 5.32 Å². The minimum atomic E-state index is -0.142. The van der Waals surface area contributed by atoms with Crippen molar-refractivity contribution in [1.82, 2.24) is 10.2 Å². The summed E-state index contributed by atoms with van der Waals surface area (Å²) in [5.41, 5.74) is -0.0363. The summed E-state index contributed by atoms with van der Waals surface area (Å²) in [5.74, 6) is 0.590. The zero-order valence-electron chi connectivity index (χ0n) is 12.4. The molecule has 3 fully saturated rings. The Morgan fingerprint density at radius 3 is 2.95 bits per heavy atom. The lowest BCUT2D eigenvalue weighted by molar-refractivity contribution is -0.0219. The summed E-state index contributed by atoms with van der Waals surface area (Å²) in [6, 6.07) is 0. The highest BCUT2D eigenvalue weighted by Crippen LogP contribution is 2.35. The van der Waals surface area contributed by atoms with Crippen molar-refractivity contribution in [3.8, 4) is 0 Å². The fraction of sp³-hybridized carbons (Fsp3) is 0.933. The first-order chi connectivity index (χ1) is 9.67. The van der Waals surface area contributed by atoms with Crippen molar-refractivity contribution in [2.75, 3.05) is 32.8 Å². The van der Waals surface area contributed by atoms with Gasteiger partial charge in [-0.15, -0.1) is 0 Å². The van der Waals surface area contributed by atoms with Gasteiger partial charge >= 0.3 is 6.09 Å². The Kier molecular flexibility index (Phi) is 4.17. The van der Waals surface area contributed by atoms with Gasteiger partial charge in [-0.05, 0) is 44.7 Å². The van der Waals surface area contributed by atoms with Crippen molar-refractivity contribution in [3.63, 3.8) is 0 Å². The van der Waals surface area contributed by atoms with E-state index in [1.807, 2.05) is 4.90 Å². The second kappa shape index (κ2) is 5.90. The molecular formula is C15H26N2O3. The number of nitrogens with one attached hydrogen (secondary N) is 1. The molecule has 3 saturated heterocycles. The lowest BCUT2D eigenvalue weighted by atomic mass is 9.89. The zero-order valence-corrected chi connectivity index (χ0v) is 12.4. The van der Waals surface area contributed by atoms with Crippen molar-refractivity contribution >= 4 is 6.09 Å². The maximum Gasteiger partial charge on any atom is 0.410 e. The Bertz CT molecular complexity index is 355. The highest BCUT2D eigenvalue weighted by atomic mass is 16.6. The smallest absolute Gasteiger partial charge is 0.410 e. The zero-order chi connectivity index (χ0) is 14.0. The molecule has 114 valence electrons. The van der Waals surface area contributed by atoms with Gasteiger partial charge < -0.3 is 19.7 Å². The molecule has 2 unspecified atom stereocenters. The quantitative estimate of drug-likeness (QED) is 0.796. The fourth-order valence-electron chi connectivity index (χ4n) is 3.68. The number of ether oxygens (including phenoxy) is 2. The van der Waals surface area contributed by atoms with Gasteiger partial charge in [0.1, 0.15) is 6.10 Å². The summed E-state index contributed by atoms with van der Waals surface area (Å²) >= 11 is 0. The number of hydrogen-bond donors (Lipinski definition) is 1. The molecule has 0 aromatic heterocycles. The molecule has 2 atom stereocenters. The minimum absolute atomic E-state index is 0.0363. The van der Waals surface area contributed by atoms with E-state index in [9.17, 15) is 4.79 Å². The van der Waals surface area contributed by atoms with E-state index >= 15 is 0 Å². The van der Waals surface area contributed by atoms with Gasteiger partial charge in [-0.1, -0.05) is 6.92 Å². The molecule has 3 aliphatic rings. The number of rotatable bonds is 1. The van der Waals surface area contributed by atoms with E-state index in [1.165, 1.54) is 6.42 Å². The van der Waals surface area contributed by atoms with Crippen molar-refractivity contribution in [2.24, 2.45) is 5.92 Å². The van der Waals surface area contributed by atoms with Crippen LogP contribution in [0.2, 0.25) is 0 Å². The van der Waals surface area contributed by atoms with Crippen LogP contribution >= 0.6 is 0 Å². The number of carbonyl (C=O) groups is 1. The highest BCUT2D eigenvalue weighted by molar-refractivity contribution is 5.68. The molecule has 3 rings (SSSR count). The molecule has 0 aromatic carbocycles. The van der Waals surface area contributed by atoms with Crippen LogP contribution in [0.4, 0.5) is 4.79 Å². The van der Waals surface area contributed by atoms with Gasteiger partial charge in [0.25, 0.3) is 0 Å². The molecule has 0 radical (unpaired) electrons. The number of hydrogen-bond acceptors (Lipinski definition) is 4. The van der Waals surface area contributed by atoms with Crippen LogP contribution in [-0.2, 0) is 9.47 Å². The van der Waals surface area contributed by atoms with E-state index in [4.69, 9.17) is 9.47 Å². The van der Waals surface area contributed by atoms with Crippen LogP contribution in [0, 0.1) is 5.92 Å². The lowest BCUT2D eigenvalue weighted by Crippen LogP contribution is -2.42. The molecule has 20 heavy (non-hydrogen) atoms. The monoisotopic (exact) mass is 282 g/mol. The molecule has 1 spiro atoms. The van der Waals surface area contributed by atoms with E-state index < -0.39 is 0 Å². The van der Waals surface area contributed by atoms with Crippen molar-refractivity contribution < 1.29 is 14.3 Å². The van der Waals surface area contributed by atoms with Crippen LogP contribution in [0.3, 0.4) is 0 Å². The second-order valence-electron chi connectivity index (χ2n) is 6.65. The first kappa shape index (κ1) is 14.1. The summed E-state index contributed by atoms with van der Waals surface area (Å²) in [7, 11) is 0. The van der Waals surface area contributed by atoms with Crippen LogP contribution in [0.1, 0.15) is 39.0 Å². The average molecular weight is 282 g/mol.